The number of benzene rings is 1. The van der Waals surface area contributed by atoms with Crippen molar-refractivity contribution in [2.75, 3.05) is 11.9 Å². The van der Waals surface area contributed by atoms with Crippen LogP contribution in [0.2, 0.25) is 0 Å². The number of nitrogens with one attached hydrogen (secondary N) is 1. The zero-order chi connectivity index (χ0) is 14.7. The molecule has 3 aromatic rings. The number of anilines is 1. The van der Waals surface area contributed by atoms with E-state index in [4.69, 9.17) is 5.11 Å². The Hall–Kier alpha value is -2.80. The number of imidazole rings is 1. The second-order valence-electron chi connectivity index (χ2n) is 4.32. The van der Waals surface area contributed by atoms with Crippen LogP contribution in [0, 0.1) is 0 Å². The van der Waals surface area contributed by atoms with Gasteiger partial charge in [0.15, 0.2) is 22.8 Å². The first-order valence-corrected chi connectivity index (χ1v) is 6.36. The van der Waals surface area contributed by atoms with Crippen molar-refractivity contribution in [3.63, 3.8) is 0 Å². The maximum absolute atomic E-state index is 10.6. The van der Waals surface area contributed by atoms with Crippen molar-refractivity contribution in [1.29, 1.82) is 0 Å². The lowest BCUT2D eigenvalue weighted by Gasteiger charge is -2.06. The third-order valence-corrected chi connectivity index (χ3v) is 3.01. The average molecular weight is 282 g/mol. The molecule has 0 aliphatic carbocycles. The Morgan fingerprint density at radius 3 is 2.76 bits per heavy atom. The molecule has 1 radical (unpaired) electrons. The van der Waals surface area contributed by atoms with Crippen molar-refractivity contribution in [2.45, 2.75) is 6.54 Å². The Kier molecular flexibility index (Phi) is 3.57. The third kappa shape index (κ3) is 2.46. The number of rotatable bonds is 5. The lowest BCUT2D eigenvalue weighted by Crippen LogP contribution is -2.05. The van der Waals surface area contributed by atoms with E-state index in [0.717, 1.165) is 5.56 Å². The van der Waals surface area contributed by atoms with Crippen LogP contribution in [0.3, 0.4) is 0 Å². The molecular weight excluding hydrogens is 270 g/mol. The minimum atomic E-state index is -0.0291. The molecule has 0 fully saturated rings. The van der Waals surface area contributed by atoms with Crippen LogP contribution in [0.1, 0.15) is 0 Å². The number of aliphatic hydroxyl groups excluding tert-OH is 1. The maximum Gasteiger partial charge on any atom is 0.315 e. The molecule has 2 N–H and O–H groups in total. The number of fused-ring (bicyclic) bond motifs is 1. The molecule has 0 unspecified atom stereocenters. The summed E-state index contributed by atoms with van der Waals surface area (Å²) in [5.41, 5.74) is 1.84. The number of nitrogens with zero attached hydrogens (tertiary/aromatic N) is 4. The zero-order valence-corrected chi connectivity index (χ0v) is 11.0. The van der Waals surface area contributed by atoms with Crippen LogP contribution in [0.5, 0.6) is 0 Å². The molecule has 0 atom stereocenters. The highest BCUT2D eigenvalue weighted by atomic mass is 16.3. The van der Waals surface area contributed by atoms with E-state index in [1.54, 1.807) is 17.3 Å². The molecule has 7 heteroatoms. The van der Waals surface area contributed by atoms with Crippen LogP contribution in [-0.4, -0.2) is 37.6 Å². The molecule has 3 rings (SSSR count). The molecule has 0 aliphatic heterocycles. The lowest BCUT2D eigenvalue weighted by molar-refractivity contribution is 0.277. The van der Waals surface area contributed by atoms with Crippen molar-refractivity contribution >= 4 is 23.4 Å². The first kappa shape index (κ1) is 13.2. The summed E-state index contributed by atoms with van der Waals surface area (Å²) in [4.78, 5) is 23.6. The number of hydrogen-bond donors (Lipinski definition) is 2. The van der Waals surface area contributed by atoms with Gasteiger partial charge in [-0.1, -0.05) is 30.3 Å². The molecule has 0 saturated heterocycles. The number of hydrogen-bond acceptors (Lipinski definition) is 5. The van der Waals surface area contributed by atoms with Crippen LogP contribution >= 0.6 is 0 Å². The summed E-state index contributed by atoms with van der Waals surface area (Å²) in [7, 11) is 0. The quantitative estimate of drug-likeness (QED) is 0.680. The fraction of sp³-hybridized carbons (Fsp3) is 0.143. The minimum absolute atomic E-state index is 0.0291. The van der Waals surface area contributed by atoms with Gasteiger partial charge < -0.3 is 15.0 Å². The second kappa shape index (κ2) is 5.68. The van der Waals surface area contributed by atoms with Crippen LogP contribution in [0.25, 0.3) is 22.6 Å². The van der Waals surface area contributed by atoms with Gasteiger partial charge in [0.05, 0.1) is 12.9 Å². The van der Waals surface area contributed by atoms with E-state index in [1.165, 1.54) is 0 Å². The van der Waals surface area contributed by atoms with Gasteiger partial charge in [0, 0.05) is 12.1 Å². The van der Waals surface area contributed by atoms with Gasteiger partial charge in [0.1, 0.15) is 0 Å². The van der Waals surface area contributed by atoms with Gasteiger partial charge in [-0.15, -0.1) is 0 Å². The highest BCUT2D eigenvalue weighted by molar-refractivity contribution is 5.90. The number of aliphatic hydroxyl groups is 1. The molecule has 2 aromatic heterocycles. The normalized spacial score (nSPS) is 10.7. The Labute approximate surface area is 120 Å². The first-order chi connectivity index (χ1) is 10.3. The average Bonchev–Trinajstić information content (AvgIpc) is 2.92. The van der Waals surface area contributed by atoms with Crippen molar-refractivity contribution in [3.8, 4) is 11.4 Å². The van der Waals surface area contributed by atoms with Crippen molar-refractivity contribution in [3.05, 3.63) is 36.7 Å². The van der Waals surface area contributed by atoms with Crippen LogP contribution in [0.15, 0.2) is 36.7 Å². The van der Waals surface area contributed by atoms with E-state index >= 15 is 0 Å². The molecule has 0 saturated carbocycles. The van der Waals surface area contributed by atoms with E-state index in [0.29, 0.717) is 29.4 Å². The van der Waals surface area contributed by atoms with E-state index in [9.17, 15) is 4.79 Å². The largest absolute Gasteiger partial charge is 0.395 e. The third-order valence-electron chi connectivity index (χ3n) is 3.01. The highest BCUT2D eigenvalue weighted by Crippen LogP contribution is 2.23. The molecule has 105 valence electrons. The van der Waals surface area contributed by atoms with Gasteiger partial charge in [0.25, 0.3) is 0 Å². The summed E-state index contributed by atoms with van der Waals surface area (Å²) in [6.07, 6.45) is 3.16. The fourth-order valence-corrected chi connectivity index (χ4v) is 2.07. The standard InChI is InChI=1S/C14H12N5O2/c20-7-6-19-8-15-11-13(16-9-21)17-12(18-14(11)19)10-4-2-1-3-5-10/h1-5,8,20H,6-7H2,(H,16,17,18,21). The molecular formula is C14H12N5O2. The van der Waals surface area contributed by atoms with Crippen LogP contribution in [0.4, 0.5) is 5.82 Å². The zero-order valence-electron chi connectivity index (χ0n) is 11.0. The Morgan fingerprint density at radius 1 is 1.24 bits per heavy atom. The van der Waals surface area contributed by atoms with Crippen molar-refractivity contribution < 1.29 is 9.90 Å². The summed E-state index contributed by atoms with van der Waals surface area (Å²) >= 11 is 0. The summed E-state index contributed by atoms with van der Waals surface area (Å²) in [6, 6.07) is 9.42. The lowest BCUT2D eigenvalue weighted by atomic mass is 10.2. The molecule has 1 aromatic carbocycles. The summed E-state index contributed by atoms with van der Waals surface area (Å²) in [6.45, 7) is 0.338. The van der Waals surface area contributed by atoms with Crippen molar-refractivity contribution in [2.24, 2.45) is 0 Å². The number of carbonyl (C=O) groups excluding carboxylic acids is 1. The molecule has 0 aliphatic rings. The minimum Gasteiger partial charge on any atom is -0.395 e. The monoisotopic (exact) mass is 282 g/mol. The van der Waals surface area contributed by atoms with E-state index in [2.05, 4.69) is 20.3 Å². The predicted molar refractivity (Wildman–Crippen MR) is 77.2 cm³/mol. The van der Waals surface area contributed by atoms with Gasteiger partial charge in [-0.25, -0.2) is 15.0 Å². The second-order valence-corrected chi connectivity index (χ2v) is 4.32. The molecule has 1 amide bonds. The van der Waals surface area contributed by atoms with Gasteiger partial charge in [0.2, 0.25) is 0 Å². The van der Waals surface area contributed by atoms with Gasteiger partial charge in [-0.05, 0) is 0 Å². The maximum atomic E-state index is 10.6. The molecule has 21 heavy (non-hydrogen) atoms. The first-order valence-electron chi connectivity index (χ1n) is 6.36. The summed E-state index contributed by atoms with van der Waals surface area (Å²) < 4.78 is 1.71. The predicted octanol–water partition coefficient (Wildman–Crippen LogP) is 0.965. The molecule has 0 spiro atoms. The molecule has 7 nitrogen and oxygen atoms in total. The van der Waals surface area contributed by atoms with Crippen LogP contribution < -0.4 is 5.32 Å². The Morgan fingerprint density at radius 2 is 2.05 bits per heavy atom. The van der Waals surface area contributed by atoms with Gasteiger partial charge >= 0.3 is 6.41 Å². The summed E-state index contributed by atoms with van der Waals surface area (Å²) in [5, 5.41) is 11.5. The molecule has 0 bridgehead atoms. The SMILES string of the molecule is O=[C]Nc1nc(-c2ccccc2)nc2c1ncn2CCO. The summed E-state index contributed by atoms with van der Waals surface area (Å²) in [5.74, 6) is 0.770. The number of amides is 1. The van der Waals surface area contributed by atoms with Gasteiger partial charge in [-0.2, -0.15) is 0 Å². The fourth-order valence-electron chi connectivity index (χ4n) is 2.07. The van der Waals surface area contributed by atoms with E-state index in [-0.39, 0.29) is 6.61 Å². The van der Waals surface area contributed by atoms with Crippen molar-refractivity contribution in [1.82, 2.24) is 19.5 Å². The number of aromatic nitrogens is 4. The van der Waals surface area contributed by atoms with Gasteiger partial charge in [-0.3, -0.25) is 4.79 Å². The van der Waals surface area contributed by atoms with E-state index in [1.807, 2.05) is 30.3 Å². The topological polar surface area (TPSA) is 92.9 Å². The van der Waals surface area contributed by atoms with Crippen LogP contribution in [-0.2, 0) is 11.3 Å². The Balaban J connectivity index is 2.21. The van der Waals surface area contributed by atoms with E-state index < -0.39 is 0 Å². The Bertz CT molecular complexity index is 770. The smallest absolute Gasteiger partial charge is 0.315 e. The molecule has 2 heterocycles. The highest BCUT2D eigenvalue weighted by Gasteiger charge is 2.14.